The van der Waals surface area contributed by atoms with E-state index in [9.17, 15) is 9.59 Å². The van der Waals surface area contributed by atoms with Gasteiger partial charge in [0, 0.05) is 49.6 Å². The molecule has 6 nitrogen and oxygen atoms in total. The van der Waals surface area contributed by atoms with Gasteiger partial charge in [-0.15, -0.1) is 0 Å². The van der Waals surface area contributed by atoms with Crippen molar-refractivity contribution in [3.05, 3.63) is 75.2 Å². The van der Waals surface area contributed by atoms with Crippen molar-refractivity contribution in [1.29, 1.82) is 0 Å². The topological polar surface area (TPSA) is 68.4 Å². The molecule has 4 aromatic rings. The van der Waals surface area contributed by atoms with E-state index in [1.54, 1.807) is 18.1 Å². The van der Waals surface area contributed by atoms with Crippen LogP contribution in [0.15, 0.2) is 64.3 Å². The Morgan fingerprint density at radius 1 is 0.852 bits per heavy atom. The van der Waals surface area contributed by atoms with Crippen LogP contribution in [-0.4, -0.2) is 26.1 Å². The van der Waals surface area contributed by atoms with Crippen molar-refractivity contribution < 1.29 is 0 Å². The first-order valence-electron chi connectivity index (χ1n) is 8.65. The van der Waals surface area contributed by atoms with E-state index in [4.69, 9.17) is 0 Å². The minimum atomic E-state index is -0.493. The summed E-state index contributed by atoms with van der Waals surface area (Å²) in [6.45, 7) is 0. The minimum absolute atomic E-state index is 0.323. The number of aromatic nitrogens is 1. The third-order valence-electron chi connectivity index (χ3n) is 4.82. The second kappa shape index (κ2) is 6.32. The second-order valence-corrected chi connectivity index (χ2v) is 6.72. The maximum Gasteiger partial charge on any atom is 0.253 e. The van der Waals surface area contributed by atoms with Crippen molar-refractivity contribution in [2.45, 2.75) is 0 Å². The third-order valence-corrected chi connectivity index (χ3v) is 4.82. The summed E-state index contributed by atoms with van der Waals surface area (Å²) in [6, 6.07) is 15.6. The average molecular weight is 360 g/mol. The van der Waals surface area contributed by atoms with E-state index < -0.39 is 10.9 Å². The Bertz CT molecular complexity index is 1180. The molecule has 6 heteroatoms. The number of rotatable bonds is 5. The van der Waals surface area contributed by atoms with Crippen molar-refractivity contribution in [3.63, 3.8) is 0 Å². The number of H-pyrrole nitrogens is 1. The summed E-state index contributed by atoms with van der Waals surface area (Å²) in [5, 5.41) is 4.11. The highest BCUT2D eigenvalue weighted by atomic mass is 16.2. The molecule has 1 aromatic heterocycles. The Morgan fingerprint density at radius 3 is 2.22 bits per heavy atom. The van der Waals surface area contributed by atoms with Crippen LogP contribution < -0.4 is 26.0 Å². The molecule has 136 valence electrons. The Kier molecular flexibility index (Phi) is 3.96. The first kappa shape index (κ1) is 16.9. The van der Waals surface area contributed by atoms with Crippen LogP contribution in [0, 0.1) is 0 Å². The lowest BCUT2D eigenvalue weighted by molar-refractivity contribution is 1.12. The summed E-state index contributed by atoms with van der Waals surface area (Å²) >= 11 is 0. The lowest BCUT2D eigenvalue weighted by atomic mass is 10.1. The summed E-state index contributed by atoms with van der Waals surface area (Å²) in [7, 11) is 5.73. The number of anilines is 5. The predicted molar refractivity (Wildman–Crippen MR) is 112 cm³/mol. The van der Waals surface area contributed by atoms with Gasteiger partial charge < -0.3 is 20.1 Å². The molecule has 0 spiro atoms. The van der Waals surface area contributed by atoms with Gasteiger partial charge in [-0.2, -0.15) is 0 Å². The Morgan fingerprint density at radius 2 is 1.52 bits per heavy atom. The molecule has 0 atom stereocenters. The monoisotopic (exact) mass is 360 g/mol. The van der Waals surface area contributed by atoms with E-state index in [-0.39, 0.29) is 0 Å². The van der Waals surface area contributed by atoms with Gasteiger partial charge >= 0.3 is 0 Å². The maximum absolute atomic E-state index is 12.2. The van der Waals surface area contributed by atoms with Crippen LogP contribution in [0.2, 0.25) is 0 Å². The summed E-state index contributed by atoms with van der Waals surface area (Å²) in [4.78, 5) is 31.4. The zero-order valence-corrected chi connectivity index (χ0v) is 15.4. The van der Waals surface area contributed by atoms with Gasteiger partial charge in [0.15, 0.2) is 0 Å². The van der Waals surface area contributed by atoms with Crippen molar-refractivity contribution >= 4 is 39.3 Å². The summed E-state index contributed by atoms with van der Waals surface area (Å²) in [5.74, 6) is 0. The van der Waals surface area contributed by atoms with Gasteiger partial charge in [-0.05, 0) is 30.3 Å². The number of hydrogen-bond acceptors (Lipinski definition) is 5. The molecule has 0 fully saturated rings. The summed E-state index contributed by atoms with van der Waals surface area (Å²) in [5.41, 5.74) is 3.38. The molecular formula is C21H20N4O2. The molecule has 1 heterocycles. The second-order valence-electron chi connectivity index (χ2n) is 6.72. The normalized spacial score (nSPS) is 11.1. The van der Waals surface area contributed by atoms with Crippen molar-refractivity contribution in [2.75, 3.05) is 36.3 Å². The van der Waals surface area contributed by atoms with Crippen LogP contribution in [-0.2, 0) is 0 Å². The zero-order valence-electron chi connectivity index (χ0n) is 15.4. The molecule has 3 aromatic carbocycles. The molecule has 4 rings (SSSR count). The van der Waals surface area contributed by atoms with E-state index in [0.29, 0.717) is 11.4 Å². The zero-order chi connectivity index (χ0) is 19.1. The number of para-hydroxylation sites is 1. The molecule has 0 aliphatic carbocycles. The number of nitrogens with zero attached hydrogens (tertiary/aromatic N) is 2. The average Bonchev–Trinajstić information content (AvgIpc) is 3.10. The molecule has 0 aliphatic rings. The molecular weight excluding hydrogens is 340 g/mol. The van der Waals surface area contributed by atoms with Crippen molar-refractivity contribution in [1.82, 2.24) is 4.98 Å². The fourth-order valence-electron chi connectivity index (χ4n) is 3.23. The van der Waals surface area contributed by atoms with E-state index in [1.807, 2.05) is 67.5 Å². The molecule has 2 N–H and O–H groups in total. The molecule has 0 saturated heterocycles. The van der Waals surface area contributed by atoms with E-state index in [0.717, 1.165) is 28.0 Å². The van der Waals surface area contributed by atoms with Gasteiger partial charge in [0.1, 0.15) is 11.4 Å². The fourth-order valence-corrected chi connectivity index (χ4v) is 3.23. The van der Waals surface area contributed by atoms with Crippen molar-refractivity contribution in [3.8, 4) is 0 Å². The van der Waals surface area contributed by atoms with Crippen LogP contribution in [0.4, 0.5) is 28.4 Å². The number of hydrogen-bond donors (Lipinski definition) is 2. The molecule has 0 unspecified atom stereocenters. The third kappa shape index (κ3) is 2.75. The van der Waals surface area contributed by atoms with Crippen LogP contribution in [0.1, 0.15) is 0 Å². The van der Waals surface area contributed by atoms with E-state index in [2.05, 4.69) is 10.3 Å². The van der Waals surface area contributed by atoms with Gasteiger partial charge in [0.2, 0.25) is 0 Å². The van der Waals surface area contributed by atoms with E-state index >= 15 is 0 Å². The molecule has 0 bridgehead atoms. The number of benzene rings is 2. The molecule has 0 amide bonds. The Hall–Kier alpha value is -3.54. The molecule has 0 saturated carbocycles. The molecule has 0 radical (unpaired) electrons. The van der Waals surface area contributed by atoms with E-state index in [1.165, 1.54) is 0 Å². The van der Waals surface area contributed by atoms with Gasteiger partial charge in [0.25, 0.3) is 10.9 Å². The number of fused-ring (bicyclic) bond motifs is 1. The van der Waals surface area contributed by atoms with Crippen LogP contribution >= 0.6 is 0 Å². The quantitative estimate of drug-likeness (QED) is 0.534. The predicted octanol–water partition coefficient (Wildman–Crippen LogP) is 3.34. The molecule has 0 aliphatic heterocycles. The fraction of sp³-hybridized carbons (Fsp3) is 0.143. The van der Waals surface area contributed by atoms with Gasteiger partial charge in [-0.1, -0.05) is 18.2 Å². The largest absolute Gasteiger partial charge is 0.378 e. The highest BCUT2D eigenvalue weighted by Crippen LogP contribution is 2.32. The standard InChI is InChI=1S/C21H20N4O2/c1-24(2)13-8-10-14(11-9-13)25(3)19-18(20(26)21(19)27)23-17-12-22-16-7-5-4-6-15(16)17/h4-12,22-23H,1-3H3. The number of nitrogens with one attached hydrogen (secondary N) is 2. The lowest BCUT2D eigenvalue weighted by Crippen LogP contribution is -2.39. The maximum atomic E-state index is 12.2. The first-order valence-corrected chi connectivity index (χ1v) is 8.65. The highest BCUT2D eigenvalue weighted by Gasteiger charge is 2.25. The van der Waals surface area contributed by atoms with Crippen LogP contribution in [0.3, 0.4) is 0 Å². The van der Waals surface area contributed by atoms with Crippen LogP contribution in [0.25, 0.3) is 10.9 Å². The SMILES string of the molecule is CN(C)c1ccc(N(C)c2c(Nc3c[nH]c4ccccc34)c(=O)c2=O)cc1. The highest BCUT2D eigenvalue weighted by molar-refractivity contribution is 5.96. The minimum Gasteiger partial charge on any atom is -0.378 e. The summed E-state index contributed by atoms with van der Waals surface area (Å²) < 4.78 is 0. The number of aromatic amines is 1. The first-order chi connectivity index (χ1) is 13.0. The van der Waals surface area contributed by atoms with Gasteiger partial charge in [-0.3, -0.25) is 9.59 Å². The Balaban J connectivity index is 1.68. The van der Waals surface area contributed by atoms with Gasteiger partial charge in [0.05, 0.1) is 5.69 Å². The Labute approximate surface area is 156 Å². The van der Waals surface area contributed by atoms with Crippen molar-refractivity contribution in [2.24, 2.45) is 0 Å². The smallest absolute Gasteiger partial charge is 0.253 e. The molecule has 27 heavy (non-hydrogen) atoms. The summed E-state index contributed by atoms with van der Waals surface area (Å²) in [6.07, 6.45) is 1.80. The van der Waals surface area contributed by atoms with Crippen LogP contribution in [0.5, 0.6) is 0 Å². The van der Waals surface area contributed by atoms with Gasteiger partial charge in [-0.25, -0.2) is 0 Å². The lowest BCUT2D eigenvalue weighted by Gasteiger charge is -2.24.